The molecule has 4 nitrogen and oxygen atoms in total. The second kappa shape index (κ2) is 14.2. The molecule has 0 spiro atoms. The van der Waals surface area contributed by atoms with Crippen LogP contribution in [0.4, 0.5) is 0 Å². The minimum absolute atomic E-state index is 0.0659. The number of carbonyl (C=O) groups excluding carboxylic acids is 2. The zero-order chi connectivity index (χ0) is 16.6. The van der Waals surface area contributed by atoms with Crippen LogP contribution in [-0.4, -0.2) is 22.6 Å². The number of aliphatic carboxylic acids is 1. The van der Waals surface area contributed by atoms with Gasteiger partial charge >= 0.3 is 5.97 Å². The van der Waals surface area contributed by atoms with Crippen LogP contribution in [-0.2, 0) is 14.4 Å². The Morgan fingerprint density at radius 3 is 1.68 bits per heavy atom. The lowest BCUT2D eigenvalue weighted by Crippen LogP contribution is -1.94. The highest BCUT2D eigenvalue weighted by molar-refractivity contribution is 5.91. The van der Waals surface area contributed by atoms with Crippen molar-refractivity contribution in [3.05, 3.63) is 24.3 Å². The molecule has 1 N–H and O–H groups in total. The molecule has 124 valence electrons. The molecule has 0 amide bonds. The van der Waals surface area contributed by atoms with Crippen molar-refractivity contribution >= 4 is 17.5 Å². The second-order valence-corrected chi connectivity index (χ2v) is 5.42. The van der Waals surface area contributed by atoms with Gasteiger partial charge < -0.3 is 5.11 Å². The molecule has 0 unspecified atom stereocenters. The summed E-state index contributed by atoms with van der Waals surface area (Å²) in [6, 6.07) is 0. The SMILES string of the molecule is CCCCC(=O)/C=C/C=C/C(=O)CCCCCCCC(=O)O. The molecule has 0 radical (unpaired) electrons. The summed E-state index contributed by atoms with van der Waals surface area (Å²) < 4.78 is 0. The summed E-state index contributed by atoms with van der Waals surface area (Å²) in [6.07, 6.45) is 13.8. The first-order valence-corrected chi connectivity index (χ1v) is 8.18. The Hall–Kier alpha value is -1.71. The van der Waals surface area contributed by atoms with E-state index in [-0.39, 0.29) is 18.0 Å². The third-order valence-electron chi connectivity index (χ3n) is 3.27. The number of unbranched alkanes of at least 4 members (excludes halogenated alkanes) is 5. The number of rotatable bonds is 14. The van der Waals surface area contributed by atoms with Crippen LogP contribution < -0.4 is 0 Å². The van der Waals surface area contributed by atoms with Gasteiger partial charge in [-0.2, -0.15) is 0 Å². The smallest absolute Gasteiger partial charge is 0.303 e. The molecule has 0 saturated heterocycles. The molecule has 0 heterocycles. The largest absolute Gasteiger partial charge is 0.481 e. The fraction of sp³-hybridized carbons (Fsp3) is 0.611. The van der Waals surface area contributed by atoms with Gasteiger partial charge in [-0.25, -0.2) is 0 Å². The summed E-state index contributed by atoms with van der Waals surface area (Å²) in [5, 5.41) is 8.49. The predicted octanol–water partition coefficient (Wildman–Crippen LogP) is 4.24. The van der Waals surface area contributed by atoms with Crippen LogP contribution in [0, 0.1) is 0 Å². The highest BCUT2D eigenvalue weighted by atomic mass is 16.4. The average Bonchev–Trinajstić information content (AvgIpc) is 2.48. The molecule has 4 heteroatoms. The van der Waals surface area contributed by atoms with Crippen LogP contribution in [0.1, 0.15) is 71.1 Å². The van der Waals surface area contributed by atoms with E-state index in [1.807, 2.05) is 6.92 Å². The normalized spacial score (nSPS) is 11.3. The fourth-order valence-electron chi connectivity index (χ4n) is 1.95. The Kier molecular flexibility index (Phi) is 13.1. The maximum atomic E-state index is 11.6. The van der Waals surface area contributed by atoms with E-state index in [9.17, 15) is 14.4 Å². The summed E-state index contributed by atoms with van der Waals surface area (Å²) in [7, 11) is 0. The van der Waals surface area contributed by atoms with Gasteiger partial charge in [0.05, 0.1) is 0 Å². The van der Waals surface area contributed by atoms with Crippen molar-refractivity contribution < 1.29 is 19.5 Å². The van der Waals surface area contributed by atoms with Crippen molar-refractivity contribution in [2.45, 2.75) is 71.1 Å². The Bertz CT molecular complexity index is 394. The molecular weight excluding hydrogens is 280 g/mol. The van der Waals surface area contributed by atoms with E-state index >= 15 is 0 Å². The molecule has 0 aliphatic rings. The Balaban J connectivity index is 3.60. The van der Waals surface area contributed by atoms with Crippen LogP contribution in [0.15, 0.2) is 24.3 Å². The summed E-state index contributed by atoms with van der Waals surface area (Å²) >= 11 is 0. The minimum atomic E-state index is -0.749. The van der Waals surface area contributed by atoms with Gasteiger partial charge in [-0.1, -0.05) is 44.8 Å². The van der Waals surface area contributed by atoms with Gasteiger partial charge in [0.25, 0.3) is 0 Å². The van der Waals surface area contributed by atoms with Gasteiger partial charge in [-0.05, 0) is 31.4 Å². The number of carboxylic acid groups (broad SMARTS) is 1. The maximum Gasteiger partial charge on any atom is 0.303 e. The highest BCUT2D eigenvalue weighted by Crippen LogP contribution is 2.07. The summed E-state index contributed by atoms with van der Waals surface area (Å²) in [4.78, 5) is 33.2. The Morgan fingerprint density at radius 1 is 0.727 bits per heavy atom. The van der Waals surface area contributed by atoms with E-state index in [1.54, 1.807) is 12.2 Å². The fourth-order valence-corrected chi connectivity index (χ4v) is 1.95. The van der Waals surface area contributed by atoms with E-state index in [0.29, 0.717) is 19.3 Å². The van der Waals surface area contributed by atoms with Gasteiger partial charge in [0, 0.05) is 19.3 Å². The molecule has 0 bridgehead atoms. The predicted molar refractivity (Wildman–Crippen MR) is 87.8 cm³/mol. The van der Waals surface area contributed by atoms with Crippen molar-refractivity contribution in [2.24, 2.45) is 0 Å². The number of ketones is 2. The van der Waals surface area contributed by atoms with E-state index in [0.717, 1.165) is 38.5 Å². The second-order valence-electron chi connectivity index (χ2n) is 5.42. The van der Waals surface area contributed by atoms with Crippen molar-refractivity contribution in [1.29, 1.82) is 0 Å². The molecule has 0 saturated carbocycles. The van der Waals surface area contributed by atoms with Crippen LogP contribution in [0.3, 0.4) is 0 Å². The Labute approximate surface area is 133 Å². The first kappa shape index (κ1) is 20.3. The van der Waals surface area contributed by atoms with E-state index in [2.05, 4.69) is 0 Å². The van der Waals surface area contributed by atoms with E-state index < -0.39 is 5.97 Å². The molecule has 0 aliphatic heterocycles. The topological polar surface area (TPSA) is 71.4 Å². The van der Waals surface area contributed by atoms with Gasteiger partial charge in [0.15, 0.2) is 11.6 Å². The zero-order valence-electron chi connectivity index (χ0n) is 13.6. The molecule has 0 aromatic carbocycles. The number of allylic oxidation sites excluding steroid dienone is 4. The molecule has 0 fully saturated rings. The quantitative estimate of drug-likeness (QED) is 0.296. The number of hydrogen-bond donors (Lipinski definition) is 1. The number of carboxylic acids is 1. The monoisotopic (exact) mass is 308 g/mol. The summed E-state index contributed by atoms with van der Waals surface area (Å²) in [6.45, 7) is 2.04. The van der Waals surface area contributed by atoms with Crippen molar-refractivity contribution in [3.63, 3.8) is 0 Å². The maximum absolute atomic E-state index is 11.6. The standard InChI is InChI=1S/C18H28O4/c1-2-3-11-16(19)13-9-10-14-17(20)12-7-5-4-6-8-15-18(21)22/h9-10,13-14H,2-8,11-12,15H2,1H3,(H,21,22)/b13-9+,14-10+. The van der Waals surface area contributed by atoms with Crippen LogP contribution in [0.25, 0.3) is 0 Å². The van der Waals surface area contributed by atoms with Crippen LogP contribution >= 0.6 is 0 Å². The molecule has 0 aromatic heterocycles. The number of carbonyl (C=O) groups is 3. The number of hydrogen-bond acceptors (Lipinski definition) is 3. The summed E-state index contributed by atoms with van der Waals surface area (Å²) in [5.74, 6) is -0.585. The van der Waals surface area contributed by atoms with Gasteiger partial charge in [-0.15, -0.1) is 0 Å². The van der Waals surface area contributed by atoms with Gasteiger partial charge in [0.1, 0.15) is 0 Å². The third kappa shape index (κ3) is 14.7. The molecule has 0 atom stereocenters. The lowest BCUT2D eigenvalue weighted by Gasteiger charge is -1.98. The third-order valence-corrected chi connectivity index (χ3v) is 3.27. The lowest BCUT2D eigenvalue weighted by atomic mass is 10.1. The van der Waals surface area contributed by atoms with Crippen LogP contribution in [0.2, 0.25) is 0 Å². The van der Waals surface area contributed by atoms with Crippen molar-refractivity contribution in [1.82, 2.24) is 0 Å². The Morgan fingerprint density at radius 2 is 1.18 bits per heavy atom. The van der Waals surface area contributed by atoms with Gasteiger partial charge in [0.2, 0.25) is 0 Å². The molecule has 0 aliphatic carbocycles. The molecule has 0 aromatic rings. The van der Waals surface area contributed by atoms with E-state index in [4.69, 9.17) is 5.11 Å². The lowest BCUT2D eigenvalue weighted by molar-refractivity contribution is -0.137. The average molecular weight is 308 g/mol. The molecule has 22 heavy (non-hydrogen) atoms. The molecular formula is C18H28O4. The van der Waals surface area contributed by atoms with Crippen LogP contribution in [0.5, 0.6) is 0 Å². The highest BCUT2D eigenvalue weighted by Gasteiger charge is 1.99. The van der Waals surface area contributed by atoms with Gasteiger partial charge in [-0.3, -0.25) is 14.4 Å². The first-order chi connectivity index (χ1) is 10.6. The minimum Gasteiger partial charge on any atom is -0.481 e. The van der Waals surface area contributed by atoms with Crippen molar-refractivity contribution in [3.8, 4) is 0 Å². The summed E-state index contributed by atoms with van der Waals surface area (Å²) in [5.41, 5.74) is 0. The van der Waals surface area contributed by atoms with Crippen molar-refractivity contribution in [2.75, 3.05) is 0 Å². The zero-order valence-corrected chi connectivity index (χ0v) is 13.6. The van der Waals surface area contributed by atoms with E-state index in [1.165, 1.54) is 12.2 Å². The molecule has 0 rings (SSSR count). The first-order valence-electron chi connectivity index (χ1n) is 8.18.